The molecule has 0 aromatic heterocycles. The summed E-state index contributed by atoms with van der Waals surface area (Å²) in [5.74, 6) is 0.604. The smallest absolute Gasteiger partial charge is 0.265 e. The molecule has 0 aliphatic rings. The van der Waals surface area contributed by atoms with Crippen LogP contribution in [0.4, 0.5) is 11.4 Å². The third-order valence-electron chi connectivity index (χ3n) is 7.25. The summed E-state index contributed by atoms with van der Waals surface area (Å²) in [4.78, 5) is 26.5. The fourth-order valence-corrected chi connectivity index (χ4v) is 4.81. The Hall–Kier alpha value is -5.36. The molecular weight excluding hydrogens is 548 g/mol. The number of hydrogen-bond acceptors (Lipinski definition) is 4. The van der Waals surface area contributed by atoms with E-state index in [0.29, 0.717) is 35.7 Å². The Morgan fingerprint density at radius 2 is 0.795 bits per heavy atom. The third-order valence-corrected chi connectivity index (χ3v) is 7.25. The molecule has 0 bridgehead atoms. The lowest BCUT2D eigenvalue weighted by Crippen LogP contribution is -2.34. The van der Waals surface area contributed by atoms with Gasteiger partial charge in [-0.1, -0.05) is 111 Å². The molecule has 6 heteroatoms. The van der Waals surface area contributed by atoms with Crippen molar-refractivity contribution in [1.29, 1.82) is 0 Å². The molecule has 222 valence electrons. The number of carbonyl (C=O) groups excluding carboxylic acids is 2. The van der Waals surface area contributed by atoms with Crippen LogP contribution < -0.4 is 20.1 Å². The minimum Gasteiger partial charge on any atom is -0.481 e. The number of nitrogens with one attached hydrogen (secondary N) is 2. The van der Waals surface area contributed by atoms with Crippen LogP contribution in [0, 0.1) is 0 Å². The van der Waals surface area contributed by atoms with Gasteiger partial charge in [0.1, 0.15) is 11.5 Å². The molecule has 0 saturated carbocycles. The van der Waals surface area contributed by atoms with Gasteiger partial charge >= 0.3 is 0 Å². The largest absolute Gasteiger partial charge is 0.481 e. The zero-order chi connectivity index (χ0) is 30.7. The molecule has 5 aromatic rings. The van der Waals surface area contributed by atoms with Crippen molar-refractivity contribution in [3.8, 4) is 33.8 Å². The first-order chi connectivity index (χ1) is 21.5. The first-order valence-electron chi connectivity index (χ1n) is 14.9. The van der Waals surface area contributed by atoms with Crippen LogP contribution in [-0.4, -0.2) is 24.0 Å². The molecular formula is C38H36N2O4. The van der Waals surface area contributed by atoms with Crippen molar-refractivity contribution in [2.45, 2.75) is 38.9 Å². The van der Waals surface area contributed by atoms with E-state index in [0.717, 1.165) is 22.3 Å². The molecule has 0 fully saturated rings. The van der Waals surface area contributed by atoms with Crippen LogP contribution in [-0.2, 0) is 9.59 Å². The van der Waals surface area contributed by atoms with E-state index in [2.05, 4.69) is 10.6 Å². The fourth-order valence-electron chi connectivity index (χ4n) is 4.81. The van der Waals surface area contributed by atoms with Crippen molar-refractivity contribution in [2.24, 2.45) is 0 Å². The van der Waals surface area contributed by atoms with Crippen LogP contribution in [0.3, 0.4) is 0 Å². The molecule has 5 aromatic carbocycles. The Balaban J connectivity index is 1.21. The Morgan fingerprint density at radius 1 is 0.477 bits per heavy atom. The van der Waals surface area contributed by atoms with Gasteiger partial charge in [-0.3, -0.25) is 9.59 Å². The van der Waals surface area contributed by atoms with E-state index < -0.39 is 12.2 Å². The maximum absolute atomic E-state index is 13.3. The standard InChI is InChI=1S/C38H36N2O4/c1-3-35(43-31-23-19-29(20-24-31)27-13-7-5-8-14-27)37(41)39-33-17-11-12-18-34(33)40-38(42)36(4-2)44-32-25-21-30(22-26-32)28-15-9-6-10-16-28/h5-26,35-36H,3-4H2,1-2H3,(H,39,41)(H,40,42). The zero-order valence-electron chi connectivity index (χ0n) is 24.9. The molecule has 5 rings (SSSR count). The number of anilines is 2. The van der Waals surface area contributed by atoms with Crippen molar-refractivity contribution < 1.29 is 19.1 Å². The molecule has 0 saturated heterocycles. The lowest BCUT2D eigenvalue weighted by molar-refractivity contribution is -0.123. The van der Waals surface area contributed by atoms with Crippen LogP contribution in [0.1, 0.15) is 26.7 Å². The summed E-state index contributed by atoms with van der Waals surface area (Å²) >= 11 is 0. The summed E-state index contributed by atoms with van der Waals surface area (Å²) in [6.07, 6.45) is -0.496. The van der Waals surface area contributed by atoms with Gasteiger partial charge in [0.05, 0.1) is 11.4 Å². The van der Waals surface area contributed by atoms with Gasteiger partial charge in [0.25, 0.3) is 11.8 Å². The van der Waals surface area contributed by atoms with E-state index in [4.69, 9.17) is 9.47 Å². The second-order valence-corrected chi connectivity index (χ2v) is 10.3. The van der Waals surface area contributed by atoms with Gasteiger partial charge in [0.2, 0.25) is 0 Å². The number of ether oxygens (including phenoxy) is 2. The van der Waals surface area contributed by atoms with Crippen LogP contribution in [0.5, 0.6) is 11.5 Å². The molecule has 0 spiro atoms. The highest BCUT2D eigenvalue weighted by Crippen LogP contribution is 2.26. The van der Waals surface area contributed by atoms with Crippen LogP contribution in [0.15, 0.2) is 133 Å². The predicted molar refractivity (Wildman–Crippen MR) is 177 cm³/mol. The summed E-state index contributed by atoms with van der Waals surface area (Å²) in [7, 11) is 0. The molecule has 0 radical (unpaired) electrons. The number of carbonyl (C=O) groups is 2. The SMILES string of the molecule is CCC(Oc1ccc(-c2ccccc2)cc1)C(=O)Nc1ccccc1NC(=O)C(CC)Oc1ccc(-c2ccccc2)cc1. The summed E-state index contributed by atoms with van der Waals surface area (Å²) < 4.78 is 12.1. The summed E-state index contributed by atoms with van der Waals surface area (Å²) in [5, 5.41) is 5.87. The highest BCUT2D eigenvalue weighted by Gasteiger charge is 2.23. The predicted octanol–water partition coefficient (Wildman–Crippen LogP) is 8.61. The maximum Gasteiger partial charge on any atom is 0.265 e. The Labute approximate surface area is 258 Å². The van der Waals surface area contributed by atoms with Gasteiger partial charge in [0.15, 0.2) is 12.2 Å². The average Bonchev–Trinajstić information content (AvgIpc) is 3.08. The topological polar surface area (TPSA) is 76.7 Å². The van der Waals surface area contributed by atoms with Crippen LogP contribution >= 0.6 is 0 Å². The second kappa shape index (κ2) is 14.7. The van der Waals surface area contributed by atoms with Gasteiger partial charge in [0, 0.05) is 0 Å². The molecule has 0 aliphatic carbocycles. The lowest BCUT2D eigenvalue weighted by atomic mass is 10.1. The monoisotopic (exact) mass is 584 g/mol. The normalized spacial score (nSPS) is 12.0. The molecule has 2 amide bonds. The number of para-hydroxylation sites is 2. The van der Waals surface area contributed by atoms with Gasteiger partial charge < -0.3 is 20.1 Å². The first-order valence-corrected chi connectivity index (χ1v) is 14.9. The van der Waals surface area contributed by atoms with E-state index >= 15 is 0 Å². The van der Waals surface area contributed by atoms with Gasteiger partial charge in [-0.15, -0.1) is 0 Å². The molecule has 6 nitrogen and oxygen atoms in total. The number of hydrogen-bond donors (Lipinski definition) is 2. The van der Waals surface area contributed by atoms with Gasteiger partial charge in [-0.2, -0.15) is 0 Å². The summed E-state index contributed by atoms with van der Waals surface area (Å²) in [6.45, 7) is 3.79. The van der Waals surface area contributed by atoms with Crippen molar-refractivity contribution in [1.82, 2.24) is 0 Å². The third kappa shape index (κ3) is 7.72. The Morgan fingerprint density at radius 3 is 1.14 bits per heavy atom. The Kier molecular flexibility index (Phi) is 10.1. The van der Waals surface area contributed by atoms with Crippen molar-refractivity contribution >= 4 is 23.2 Å². The van der Waals surface area contributed by atoms with Crippen LogP contribution in [0.25, 0.3) is 22.3 Å². The lowest BCUT2D eigenvalue weighted by Gasteiger charge is -2.21. The minimum atomic E-state index is -0.716. The fraction of sp³-hybridized carbons (Fsp3) is 0.158. The molecule has 2 unspecified atom stereocenters. The quantitative estimate of drug-likeness (QED) is 0.154. The number of amides is 2. The Bertz CT molecular complexity index is 1530. The molecule has 0 aliphatic heterocycles. The van der Waals surface area contributed by atoms with E-state index in [1.807, 2.05) is 123 Å². The van der Waals surface area contributed by atoms with Gasteiger partial charge in [-0.25, -0.2) is 0 Å². The van der Waals surface area contributed by atoms with E-state index in [-0.39, 0.29) is 11.8 Å². The summed E-state index contributed by atoms with van der Waals surface area (Å²) in [5.41, 5.74) is 5.32. The number of benzene rings is 5. The zero-order valence-corrected chi connectivity index (χ0v) is 24.9. The van der Waals surface area contributed by atoms with Crippen molar-refractivity contribution in [2.75, 3.05) is 10.6 Å². The minimum absolute atomic E-state index is 0.303. The number of rotatable bonds is 12. The second-order valence-electron chi connectivity index (χ2n) is 10.3. The highest BCUT2D eigenvalue weighted by molar-refractivity contribution is 6.02. The average molecular weight is 585 g/mol. The van der Waals surface area contributed by atoms with E-state index in [9.17, 15) is 9.59 Å². The van der Waals surface area contributed by atoms with Crippen LogP contribution in [0.2, 0.25) is 0 Å². The van der Waals surface area contributed by atoms with Crippen molar-refractivity contribution in [3.05, 3.63) is 133 Å². The first kappa shape index (κ1) is 30.1. The molecule has 2 atom stereocenters. The highest BCUT2D eigenvalue weighted by atomic mass is 16.5. The maximum atomic E-state index is 13.3. The van der Waals surface area contributed by atoms with Gasteiger partial charge in [-0.05, 0) is 71.5 Å². The summed E-state index contributed by atoms with van der Waals surface area (Å²) in [6, 6.07) is 42.6. The van der Waals surface area contributed by atoms with E-state index in [1.54, 1.807) is 24.3 Å². The molecule has 0 heterocycles. The molecule has 44 heavy (non-hydrogen) atoms. The molecule has 2 N–H and O–H groups in total. The van der Waals surface area contributed by atoms with Crippen molar-refractivity contribution in [3.63, 3.8) is 0 Å². The van der Waals surface area contributed by atoms with E-state index in [1.165, 1.54) is 0 Å².